The monoisotopic (exact) mass is 520 g/mol. The zero-order valence-corrected chi connectivity index (χ0v) is 21.8. The molecule has 3 heterocycles. The molecule has 0 saturated carbocycles. The van der Waals surface area contributed by atoms with Crippen LogP contribution in [0, 0.1) is 5.82 Å². The normalized spacial score (nSPS) is 20.6. The van der Waals surface area contributed by atoms with Gasteiger partial charge in [0.05, 0.1) is 0 Å². The lowest BCUT2D eigenvalue weighted by molar-refractivity contribution is -0.136. The van der Waals surface area contributed by atoms with E-state index in [1.54, 1.807) is 6.07 Å². The van der Waals surface area contributed by atoms with Crippen molar-refractivity contribution in [2.75, 3.05) is 13.1 Å². The van der Waals surface area contributed by atoms with Gasteiger partial charge in [0.1, 0.15) is 11.9 Å². The van der Waals surface area contributed by atoms with E-state index < -0.39 is 11.9 Å². The number of carbonyl (C=O) groups is 4. The zero-order valence-electron chi connectivity index (χ0n) is 21.8. The van der Waals surface area contributed by atoms with E-state index in [1.807, 2.05) is 38.1 Å². The molecule has 8 nitrogen and oxygen atoms in total. The first kappa shape index (κ1) is 26.0. The van der Waals surface area contributed by atoms with Crippen LogP contribution in [0.3, 0.4) is 0 Å². The number of imide groups is 1. The molecule has 200 valence electrons. The highest BCUT2D eigenvalue weighted by molar-refractivity contribution is 6.05. The summed E-state index contributed by atoms with van der Waals surface area (Å²) in [5.74, 6) is -1.56. The van der Waals surface area contributed by atoms with E-state index in [0.29, 0.717) is 16.7 Å². The molecule has 2 aromatic rings. The van der Waals surface area contributed by atoms with Crippen molar-refractivity contribution in [1.29, 1.82) is 0 Å². The van der Waals surface area contributed by atoms with Crippen LogP contribution in [0.4, 0.5) is 4.39 Å². The van der Waals surface area contributed by atoms with Gasteiger partial charge in [0.2, 0.25) is 11.8 Å². The molecule has 0 radical (unpaired) electrons. The summed E-state index contributed by atoms with van der Waals surface area (Å²) >= 11 is 0. The molecule has 1 atom stereocenters. The Balaban J connectivity index is 1.20. The van der Waals surface area contributed by atoms with Crippen molar-refractivity contribution in [2.45, 2.75) is 70.6 Å². The molecule has 3 aliphatic heterocycles. The number of likely N-dealkylation sites (tertiary alicyclic amines) is 1. The van der Waals surface area contributed by atoms with Crippen LogP contribution in [0.15, 0.2) is 36.4 Å². The Morgan fingerprint density at radius 3 is 2.45 bits per heavy atom. The van der Waals surface area contributed by atoms with Gasteiger partial charge in [-0.15, -0.1) is 0 Å². The molecule has 2 saturated heterocycles. The Labute approximate surface area is 221 Å². The van der Waals surface area contributed by atoms with E-state index >= 15 is 4.39 Å². The Bertz CT molecular complexity index is 1270. The van der Waals surface area contributed by atoms with Gasteiger partial charge in [-0.05, 0) is 87.0 Å². The van der Waals surface area contributed by atoms with Gasteiger partial charge in [0.15, 0.2) is 0 Å². The maximum Gasteiger partial charge on any atom is 0.255 e. The fourth-order valence-electron chi connectivity index (χ4n) is 5.69. The van der Waals surface area contributed by atoms with E-state index in [0.717, 1.165) is 43.6 Å². The summed E-state index contributed by atoms with van der Waals surface area (Å²) in [5.41, 5.74) is 3.43. The van der Waals surface area contributed by atoms with Crippen LogP contribution in [0.25, 0.3) is 0 Å². The average molecular weight is 521 g/mol. The first-order valence-corrected chi connectivity index (χ1v) is 13.3. The minimum atomic E-state index is -0.707. The van der Waals surface area contributed by atoms with Gasteiger partial charge >= 0.3 is 0 Å². The van der Waals surface area contributed by atoms with E-state index in [-0.39, 0.29) is 54.9 Å². The third-order valence-electron chi connectivity index (χ3n) is 7.71. The van der Waals surface area contributed by atoms with Crippen molar-refractivity contribution in [1.82, 2.24) is 20.4 Å². The summed E-state index contributed by atoms with van der Waals surface area (Å²) < 4.78 is 15.2. The molecule has 4 amide bonds. The number of halogens is 1. The zero-order chi connectivity index (χ0) is 27.0. The molecule has 2 aromatic carbocycles. The molecule has 0 bridgehead atoms. The number of hydrogen-bond donors (Lipinski definition) is 2. The highest BCUT2D eigenvalue weighted by Crippen LogP contribution is 2.35. The number of nitrogens with zero attached hydrogens (tertiary/aromatic N) is 2. The summed E-state index contributed by atoms with van der Waals surface area (Å²) in [4.78, 5) is 52.7. The predicted molar refractivity (Wildman–Crippen MR) is 139 cm³/mol. The standard InChI is InChI=1S/C29H33FN4O4/c1-17(2)31-27(36)20-5-3-18(4-6-20)15-33-11-9-19(10-12-33)22-13-21-16-34(29(38)23(21)14-24(22)30)25-7-8-26(35)32-28(25)37/h3-6,13-14,17,19,25H,7-12,15-16H2,1-2H3,(H,31,36)(H,32,35,37). The van der Waals surface area contributed by atoms with Gasteiger partial charge in [-0.3, -0.25) is 29.4 Å². The van der Waals surface area contributed by atoms with E-state index in [9.17, 15) is 19.2 Å². The Morgan fingerprint density at radius 2 is 1.79 bits per heavy atom. The van der Waals surface area contributed by atoms with Gasteiger partial charge in [-0.25, -0.2) is 4.39 Å². The Kier molecular flexibility index (Phi) is 7.29. The molecule has 2 N–H and O–H groups in total. The largest absolute Gasteiger partial charge is 0.350 e. The van der Waals surface area contributed by atoms with Gasteiger partial charge in [0.25, 0.3) is 11.8 Å². The lowest BCUT2D eigenvalue weighted by atomic mass is 9.87. The van der Waals surface area contributed by atoms with Crippen LogP contribution < -0.4 is 10.6 Å². The van der Waals surface area contributed by atoms with Crippen molar-refractivity contribution in [3.05, 3.63) is 70.0 Å². The van der Waals surface area contributed by atoms with Crippen molar-refractivity contribution in [2.24, 2.45) is 0 Å². The number of fused-ring (bicyclic) bond motifs is 1. The second-order valence-electron chi connectivity index (χ2n) is 10.8. The molecular weight excluding hydrogens is 487 g/mol. The number of nitrogens with one attached hydrogen (secondary N) is 2. The molecular formula is C29H33FN4O4. The molecule has 3 aliphatic rings. The number of rotatable bonds is 6. The Hall–Kier alpha value is -3.59. The highest BCUT2D eigenvalue weighted by atomic mass is 19.1. The fraction of sp³-hybridized carbons (Fsp3) is 0.448. The van der Waals surface area contributed by atoms with Crippen LogP contribution in [-0.2, 0) is 22.7 Å². The van der Waals surface area contributed by atoms with Crippen LogP contribution in [0.2, 0.25) is 0 Å². The van der Waals surface area contributed by atoms with Crippen molar-refractivity contribution < 1.29 is 23.6 Å². The second kappa shape index (κ2) is 10.6. The molecule has 9 heteroatoms. The minimum Gasteiger partial charge on any atom is -0.350 e. The fourth-order valence-corrected chi connectivity index (χ4v) is 5.69. The number of carbonyl (C=O) groups excluding carboxylic acids is 4. The van der Waals surface area contributed by atoms with Crippen LogP contribution >= 0.6 is 0 Å². The maximum absolute atomic E-state index is 15.2. The lowest BCUT2D eigenvalue weighted by Crippen LogP contribution is -2.52. The summed E-state index contributed by atoms with van der Waals surface area (Å²) in [6.07, 6.45) is 2.07. The molecule has 5 rings (SSSR count). The maximum atomic E-state index is 15.2. The molecule has 0 aromatic heterocycles. The van der Waals surface area contributed by atoms with Crippen molar-refractivity contribution >= 4 is 23.6 Å². The quantitative estimate of drug-likeness (QED) is 0.571. The lowest BCUT2D eigenvalue weighted by Gasteiger charge is -2.32. The first-order chi connectivity index (χ1) is 18.2. The smallest absolute Gasteiger partial charge is 0.255 e. The summed E-state index contributed by atoms with van der Waals surface area (Å²) in [6, 6.07) is 10.2. The predicted octanol–water partition coefficient (Wildman–Crippen LogP) is 3.10. The Morgan fingerprint density at radius 1 is 1.08 bits per heavy atom. The average Bonchev–Trinajstić information content (AvgIpc) is 3.19. The van der Waals surface area contributed by atoms with Crippen LogP contribution in [-0.4, -0.2) is 58.6 Å². The topological polar surface area (TPSA) is 98.8 Å². The van der Waals surface area contributed by atoms with Crippen molar-refractivity contribution in [3.8, 4) is 0 Å². The molecule has 38 heavy (non-hydrogen) atoms. The summed E-state index contributed by atoms with van der Waals surface area (Å²) in [6.45, 7) is 6.51. The highest BCUT2D eigenvalue weighted by Gasteiger charge is 2.40. The SMILES string of the molecule is CC(C)NC(=O)c1ccc(CN2CCC(c3cc4c(cc3F)C(=O)N(C3CCC(=O)NC3=O)C4)CC2)cc1. The van der Waals surface area contributed by atoms with E-state index in [2.05, 4.69) is 15.5 Å². The molecule has 0 aliphatic carbocycles. The van der Waals surface area contributed by atoms with Crippen molar-refractivity contribution in [3.63, 3.8) is 0 Å². The van der Waals surface area contributed by atoms with Crippen LogP contribution in [0.5, 0.6) is 0 Å². The molecule has 2 fully saturated rings. The first-order valence-electron chi connectivity index (χ1n) is 13.3. The van der Waals surface area contributed by atoms with Gasteiger partial charge in [0, 0.05) is 36.7 Å². The van der Waals surface area contributed by atoms with Gasteiger partial charge in [-0.1, -0.05) is 18.2 Å². The number of amides is 4. The van der Waals surface area contributed by atoms with E-state index in [1.165, 1.54) is 11.0 Å². The van der Waals surface area contributed by atoms with Crippen LogP contribution in [0.1, 0.15) is 82.9 Å². The molecule has 0 spiro atoms. The minimum absolute atomic E-state index is 0.0541. The number of hydrogen-bond acceptors (Lipinski definition) is 5. The second-order valence-corrected chi connectivity index (χ2v) is 10.8. The molecule has 1 unspecified atom stereocenters. The third-order valence-corrected chi connectivity index (χ3v) is 7.71. The number of piperidine rings is 2. The van der Waals surface area contributed by atoms with E-state index in [4.69, 9.17) is 0 Å². The number of benzene rings is 2. The summed E-state index contributed by atoms with van der Waals surface area (Å²) in [7, 11) is 0. The third kappa shape index (κ3) is 5.34. The summed E-state index contributed by atoms with van der Waals surface area (Å²) in [5, 5.41) is 5.19. The van der Waals surface area contributed by atoms with Gasteiger partial charge < -0.3 is 10.2 Å². The van der Waals surface area contributed by atoms with Gasteiger partial charge in [-0.2, -0.15) is 0 Å².